The van der Waals surface area contributed by atoms with Crippen LogP contribution in [0.3, 0.4) is 0 Å². The van der Waals surface area contributed by atoms with Gasteiger partial charge in [-0.1, -0.05) is 18.2 Å². The van der Waals surface area contributed by atoms with Crippen LogP contribution < -0.4 is 20.1 Å². The van der Waals surface area contributed by atoms with E-state index in [1.54, 1.807) is 0 Å². The Labute approximate surface area is 167 Å². The van der Waals surface area contributed by atoms with Gasteiger partial charge in [-0.25, -0.2) is 0 Å². The van der Waals surface area contributed by atoms with Crippen molar-refractivity contribution >= 4 is 34.2 Å². The molecule has 0 saturated carbocycles. The smallest absolute Gasteiger partial charge is 0.262 e. The van der Waals surface area contributed by atoms with E-state index in [2.05, 4.69) is 33.2 Å². The molecule has 0 spiro atoms. The lowest BCUT2D eigenvalue weighted by molar-refractivity contribution is -0.118. The van der Waals surface area contributed by atoms with Gasteiger partial charge in [0.15, 0.2) is 18.1 Å². The molecule has 140 valence electrons. The zero-order chi connectivity index (χ0) is 18.8. The second-order valence-corrected chi connectivity index (χ2v) is 6.60. The van der Waals surface area contributed by atoms with E-state index in [0.717, 1.165) is 14.8 Å². The summed E-state index contributed by atoms with van der Waals surface area (Å²) in [5, 5.41) is 14.8. The molecule has 0 bridgehead atoms. The minimum atomic E-state index is -0.233. The largest absolute Gasteiger partial charge is 0.490 e. The zero-order valence-corrected chi connectivity index (χ0v) is 16.8. The SMILES string of the molecule is CCOc1cc(CNCCO)cc(I)c1OCC(=O)Nc1ccccc1. The summed E-state index contributed by atoms with van der Waals surface area (Å²) >= 11 is 2.17. The molecule has 0 aromatic heterocycles. The van der Waals surface area contributed by atoms with Gasteiger partial charge >= 0.3 is 0 Å². The van der Waals surface area contributed by atoms with E-state index >= 15 is 0 Å². The minimum absolute atomic E-state index is 0.0904. The molecule has 26 heavy (non-hydrogen) atoms. The number of ether oxygens (including phenoxy) is 2. The number of benzene rings is 2. The molecule has 6 nitrogen and oxygen atoms in total. The van der Waals surface area contributed by atoms with Crippen LogP contribution in [0.15, 0.2) is 42.5 Å². The van der Waals surface area contributed by atoms with Crippen LogP contribution in [0, 0.1) is 3.57 Å². The summed E-state index contributed by atoms with van der Waals surface area (Å²) in [6, 6.07) is 13.1. The van der Waals surface area contributed by atoms with Crippen molar-refractivity contribution < 1.29 is 19.4 Å². The Morgan fingerprint density at radius 3 is 2.65 bits per heavy atom. The van der Waals surface area contributed by atoms with Crippen molar-refractivity contribution in [3.63, 3.8) is 0 Å². The lowest BCUT2D eigenvalue weighted by Crippen LogP contribution is -2.21. The number of rotatable bonds is 10. The van der Waals surface area contributed by atoms with E-state index in [4.69, 9.17) is 14.6 Å². The van der Waals surface area contributed by atoms with E-state index in [0.29, 0.717) is 31.2 Å². The number of carbonyl (C=O) groups is 1. The summed E-state index contributed by atoms with van der Waals surface area (Å²) in [5.74, 6) is 0.928. The minimum Gasteiger partial charge on any atom is -0.490 e. The summed E-state index contributed by atoms with van der Waals surface area (Å²) in [5.41, 5.74) is 1.75. The van der Waals surface area contributed by atoms with Crippen molar-refractivity contribution in [3.05, 3.63) is 51.6 Å². The second kappa shape index (κ2) is 11.0. The fraction of sp³-hybridized carbons (Fsp3) is 0.316. The van der Waals surface area contributed by atoms with Gasteiger partial charge in [-0.3, -0.25) is 4.79 Å². The maximum absolute atomic E-state index is 12.1. The molecule has 0 heterocycles. The molecule has 0 radical (unpaired) electrons. The molecule has 7 heteroatoms. The highest BCUT2D eigenvalue weighted by atomic mass is 127. The molecular formula is C19H23IN2O4. The molecule has 0 unspecified atom stereocenters. The molecule has 2 aromatic carbocycles. The van der Waals surface area contributed by atoms with Gasteiger partial charge in [0, 0.05) is 18.8 Å². The van der Waals surface area contributed by atoms with Gasteiger partial charge < -0.3 is 25.2 Å². The third kappa shape index (κ3) is 6.47. The maximum atomic E-state index is 12.1. The van der Waals surface area contributed by atoms with Crippen LogP contribution in [0.4, 0.5) is 5.69 Å². The molecule has 0 aliphatic rings. The summed E-state index contributed by atoms with van der Waals surface area (Å²) in [6.07, 6.45) is 0. The molecule has 1 amide bonds. The van der Waals surface area contributed by atoms with E-state index in [9.17, 15) is 4.79 Å². The topological polar surface area (TPSA) is 79.8 Å². The van der Waals surface area contributed by atoms with Crippen molar-refractivity contribution in [2.45, 2.75) is 13.5 Å². The first-order chi connectivity index (χ1) is 12.6. The van der Waals surface area contributed by atoms with Crippen molar-refractivity contribution in [2.75, 3.05) is 31.7 Å². The normalized spacial score (nSPS) is 10.4. The summed E-state index contributed by atoms with van der Waals surface area (Å²) < 4.78 is 12.3. The number of aliphatic hydroxyl groups excluding tert-OH is 1. The Balaban J connectivity index is 2.03. The number of hydrogen-bond donors (Lipinski definition) is 3. The predicted molar refractivity (Wildman–Crippen MR) is 110 cm³/mol. The van der Waals surface area contributed by atoms with Gasteiger partial charge in [-0.2, -0.15) is 0 Å². The molecule has 0 saturated heterocycles. The van der Waals surface area contributed by atoms with Gasteiger partial charge in [-0.15, -0.1) is 0 Å². The molecule has 0 aliphatic heterocycles. The third-order valence-electron chi connectivity index (χ3n) is 3.39. The average Bonchev–Trinajstić information content (AvgIpc) is 2.62. The molecule has 0 aliphatic carbocycles. The Kier molecular flexibility index (Phi) is 8.66. The van der Waals surface area contributed by atoms with Gasteiger partial charge in [0.05, 0.1) is 16.8 Å². The fourth-order valence-electron chi connectivity index (χ4n) is 2.29. The predicted octanol–water partition coefficient (Wildman–Crippen LogP) is 2.79. The number of hydrogen-bond acceptors (Lipinski definition) is 5. The van der Waals surface area contributed by atoms with Gasteiger partial charge in [0.2, 0.25) is 0 Å². The lowest BCUT2D eigenvalue weighted by Gasteiger charge is -2.15. The van der Waals surface area contributed by atoms with Crippen LogP contribution in [0.2, 0.25) is 0 Å². The molecule has 0 fully saturated rings. The van der Waals surface area contributed by atoms with Crippen molar-refractivity contribution in [2.24, 2.45) is 0 Å². The Bertz CT molecular complexity index is 710. The summed E-state index contributed by atoms with van der Waals surface area (Å²) in [7, 11) is 0. The number of amides is 1. The number of halogens is 1. The van der Waals surface area contributed by atoms with Crippen molar-refractivity contribution in [1.29, 1.82) is 0 Å². The molecular weight excluding hydrogens is 447 g/mol. The molecule has 2 rings (SSSR count). The number of nitrogens with one attached hydrogen (secondary N) is 2. The number of carbonyl (C=O) groups excluding carboxylic acids is 1. The van der Waals surface area contributed by atoms with Crippen LogP contribution in [0.25, 0.3) is 0 Å². The molecule has 2 aromatic rings. The number of anilines is 1. The summed E-state index contributed by atoms with van der Waals surface area (Å²) in [6.45, 7) is 3.52. The highest BCUT2D eigenvalue weighted by Gasteiger charge is 2.14. The highest BCUT2D eigenvalue weighted by Crippen LogP contribution is 2.34. The standard InChI is InChI=1S/C19H23IN2O4/c1-2-25-17-11-14(12-21-8-9-23)10-16(20)19(17)26-13-18(24)22-15-6-4-3-5-7-15/h3-7,10-11,21,23H,2,8-9,12-13H2,1H3,(H,22,24). The van der Waals surface area contributed by atoms with Crippen LogP contribution in [-0.4, -0.2) is 37.4 Å². The van der Waals surface area contributed by atoms with Gasteiger partial charge in [0.25, 0.3) is 5.91 Å². The van der Waals surface area contributed by atoms with Gasteiger partial charge in [0.1, 0.15) is 0 Å². The average molecular weight is 470 g/mol. The highest BCUT2D eigenvalue weighted by molar-refractivity contribution is 14.1. The first-order valence-corrected chi connectivity index (χ1v) is 9.46. The van der Waals surface area contributed by atoms with E-state index in [1.807, 2.05) is 49.4 Å². The Morgan fingerprint density at radius 2 is 1.96 bits per heavy atom. The maximum Gasteiger partial charge on any atom is 0.262 e. The number of aliphatic hydroxyl groups is 1. The van der Waals surface area contributed by atoms with Crippen LogP contribution in [0.1, 0.15) is 12.5 Å². The zero-order valence-electron chi connectivity index (χ0n) is 14.6. The summed E-state index contributed by atoms with van der Waals surface area (Å²) in [4.78, 5) is 12.1. The van der Waals surface area contributed by atoms with Crippen LogP contribution in [0.5, 0.6) is 11.5 Å². The Morgan fingerprint density at radius 1 is 1.19 bits per heavy atom. The third-order valence-corrected chi connectivity index (χ3v) is 4.19. The van der Waals surface area contributed by atoms with Crippen LogP contribution in [-0.2, 0) is 11.3 Å². The van der Waals surface area contributed by atoms with Gasteiger partial charge in [-0.05, 0) is 59.3 Å². The number of para-hydroxylation sites is 1. The van der Waals surface area contributed by atoms with E-state index in [-0.39, 0.29) is 19.1 Å². The van der Waals surface area contributed by atoms with E-state index < -0.39 is 0 Å². The first-order valence-electron chi connectivity index (χ1n) is 8.38. The molecule has 3 N–H and O–H groups in total. The Hall–Kier alpha value is -1.84. The van der Waals surface area contributed by atoms with Crippen molar-refractivity contribution in [3.8, 4) is 11.5 Å². The fourth-order valence-corrected chi connectivity index (χ4v) is 3.12. The quantitative estimate of drug-likeness (QED) is 0.368. The lowest BCUT2D eigenvalue weighted by atomic mass is 10.2. The molecule has 0 atom stereocenters. The second-order valence-electron chi connectivity index (χ2n) is 5.44. The first kappa shape index (κ1) is 20.5. The van der Waals surface area contributed by atoms with E-state index in [1.165, 1.54) is 0 Å². The van der Waals surface area contributed by atoms with Crippen LogP contribution >= 0.6 is 22.6 Å². The van der Waals surface area contributed by atoms with Crippen molar-refractivity contribution in [1.82, 2.24) is 5.32 Å². The monoisotopic (exact) mass is 470 g/mol.